The molecule has 2 atom stereocenters. The van der Waals surface area contributed by atoms with Crippen LogP contribution in [0, 0.1) is 0 Å². The number of thiazole rings is 1. The smallest absolute Gasteiger partial charge is 0.119 e. The molecule has 3 aromatic heterocycles. The van der Waals surface area contributed by atoms with Crippen LogP contribution in [0.25, 0.3) is 21.9 Å². The summed E-state index contributed by atoms with van der Waals surface area (Å²) in [4.78, 5) is 14.1. The van der Waals surface area contributed by atoms with Crippen molar-refractivity contribution >= 4 is 33.3 Å². The summed E-state index contributed by atoms with van der Waals surface area (Å²) in [6.45, 7) is 2.92. The van der Waals surface area contributed by atoms with Crippen molar-refractivity contribution in [2.75, 3.05) is 13.7 Å². The van der Waals surface area contributed by atoms with Gasteiger partial charge in [-0.05, 0) is 38.0 Å². The van der Waals surface area contributed by atoms with E-state index in [2.05, 4.69) is 32.9 Å². The number of ether oxygens (including phenoxy) is 2. The van der Waals surface area contributed by atoms with Crippen molar-refractivity contribution < 1.29 is 9.47 Å². The predicted molar refractivity (Wildman–Crippen MR) is 110 cm³/mol. The molecule has 28 heavy (non-hydrogen) atoms. The summed E-state index contributed by atoms with van der Waals surface area (Å²) in [6, 6.07) is 6.38. The molecule has 0 unspecified atom stereocenters. The summed E-state index contributed by atoms with van der Waals surface area (Å²) in [5.74, 6) is 1.87. The molecule has 6 nitrogen and oxygen atoms in total. The Hall–Kier alpha value is -2.51. The van der Waals surface area contributed by atoms with E-state index in [1.807, 2.05) is 23.8 Å². The third kappa shape index (κ3) is 3.04. The van der Waals surface area contributed by atoms with Crippen molar-refractivity contribution in [3.8, 4) is 5.75 Å². The molecule has 5 rings (SSSR count). The van der Waals surface area contributed by atoms with E-state index < -0.39 is 0 Å². The minimum atomic E-state index is 0.242. The molecule has 1 saturated heterocycles. The first-order valence-corrected chi connectivity index (χ1v) is 10.5. The Kier molecular flexibility index (Phi) is 4.49. The number of nitrogens with zero attached hydrogens (tertiary/aromatic N) is 4. The van der Waals surface area contributed by atoms with E-state index in [-0.39, 0.29) is 6.10 Å². The number of aromatic nitrogens is 4. The van der Waals surface area contributed by atoms with Gasteiger partial charge in [0.05, 0.1) is 41.6 Å². The van der Waals surface area contributed by atoms with Crippen molar-refractivity contribution in [2.45, 2.75) is 38.3 Å². The summed E-state index contributed by atoms with van der Waals surface area (Å²) in [5, 5.41) is 3.17. The van der Waals surface area contributed by atoms with Gasteiger partial charge in [0.1, 0.15) is 17.1 Å². The van der Waals surface area contributed by atoms with Crippen molar-refractivity contribution in [3.63, 3.8) is 0 Å². The van der Waals surface area contributed by atoms with Crippen molar-refractivity contribution in [1.82, 2.24) is 19.5 Å². The predicted octanol–water partition coefficient (Wildman–Crippen LogP) is 4.38. The van der Waals surface area contributed by atoms with Crippen molar-refractivity contribution in [3.05, 3.63) is 46.8 Å². The highest BCUT2D eigenvalue weighted by atomic mass is 32.1. The zero-order chi connectivity index (χ0) is 19.1. The number of methoxy groups -OCH3 is 1. The van der Waals surface area contributed by atoms with Crippen LogP contribution in [0.15, 0.2) is 35.3 Å². The van der Waals surface area contributed by atoms with Gasteiger partial charge in [-0.3, -0.25) is 4.98 Å². The molecule has 1 aliphatic heterocycles. The zero-order valence-corrected chi connectivity index (χ0v) is 16.8. The molecule has 0 aliphatic carbocycles. The summed E-state index contributed by atoms with van der Waals surface area (Å²) < 4.78 is 13.7. The van der Waals surface area contributed by atoms with Gasteiger partial charge in [-0.15, -0.1) is 11.3 Å². The van der Waals surface area contributed by atoms with Crippen LogP contribution in [0.1, 0.15) is 37.3 Å². The molecule has 1 aromatic carbocycles. The number of rotatable bonds is 4. The number of hydrogen-bond donors (Lipinski definition) is 0. The lowest BCUT2D eigenvalue weighted by Crippen LogP contribution is -2.26. The van der Waals surface area contributed by atoms with E-state index in [9.17, 15) is 0 Å². The van der Waals surface area contributed by atoms with Crippen molar-refractivity contribution in [1.29, 1.82) is 0 Å². The number of hydrogen-bond acceptors (Lipinski definition) is 6. The molecule has 0 saturated carbocycles. The first-order valence-electron chi connectivity index (χ1n) is 9.55. The molecule has 0 radical (unpaired) electrons. The van der Waals surface area contributed by atoms with E-state index in [0.717, 1.165) is 65.1 Å². The SMILES string of the molecule is COc1ccc2ncc3nc(Cc4cscn4)n([C@H]4CCO[C@@H](C)C4)c3c2c1. The van der Waals surface area contributed by atoms with Crippen LogP contribution in [0.3, 0.4) is 0 Å². The van der Waals surface area contributed by atoms with Crippen LogP contribution in [-0.4, -0.2) is 39.3 Å². The maximum atomic E-state index is 5.81. The second kappa shape index (κ2) is 7.14. The van der Waals surface area contributed by atoms with Gasteiger partial charge >= 0.3 is 0 Å². The van der Waals surface area contributed by atoms with Gasteiger partial charge < -0.3 is 14.0 Å². The van der Waals surface area contributed by atoms with E-state index in [1.54, 1.807) is 18.4 Å². The largest absolute Gasteiger partial charge is 0.497 e. The van der Waals surface area contributed by atoms with E-state index in [1.165, 1.54) is 0 Å². The highest BCUT2D eigenvalue weighted by Crippen LogP contribution is 2.35. The van der Waals surface area contributed by atoms with Crippen molar-refractivity contribution in [2.24, 2.45) is 0 Å². The van der Waals surface area contributed by atoms with Crippen LogP contribution >= 0.6 is 11.3 Å². The highest BCUT2D eigenvalue weighted by molar-refractivity contribution is 7.07. The lowest BCUT2D eigenvalue weighted by Gasteiger charge is -2.30. The fraction of sp³-hybridized carbons (Fsp3) is 0.381. The Morgan fingerprint density at radius 3 is 3.00 bits per heavy atom. The third-order valence-corrected chi connectivity index (χ3v) is 6.08. The average Bonchev–Trinajstić information content (AvgIpc) is 3.35. The Labute approximate surface area is 167 Å². The van der Waals surface area contributed by atoms with E-state index >= 15 is 0 Å². The Morgan fingerprint density at radius 1 is 1.29 bits per heavy atom. The molecule has 144 valence electrons. The normalized spacial score (nSPS) is 20.1. The minimum absolute atomic E-state index is 0.242. The summed E-state index contributed by atoms with van der Waals surface area (Å²) in [6.07, 6.45) is 4.80. The zero-order valence-electron chi connectivity index (χ0n) is 16.0. The monoisotopic (exact) mass is 394 g/mol. The van der Waals surface area contributed by atoms with Crippen LogP contribution in [0.5, 0.6) is 5.75 Å². The van der Waals surface area contributed by atoms with Gasteiger partial charge in [-0.1, -0.05) is 0 Å². The third-order valence-electron chi connectivity index (χ3n) is 5.44. The molecule has 0 amide bonds. The number of pyridine rings is 1. The lowest BCUT2D eigenvalue weighted by molar-refractivity contribution is 0.00631. The molecule has 0 N–H and O–H groups in total. The topological polar surface area (TPSA) is 62.1 Å². The number of imidazole rings is 1. The summed E-state index contributed by atoms with van der Waals surface area (Å²) in [7, 11) is 1.69. The molecular formula is C21H22N4O2S. The molecule has 7 heteroatoms. The molecular weight excluding hydrogens is 372 g/mol. The van der Waals surface area contributed by atoms with Crippen LogP contribution in [0.2, 0.25) is 0 Å². The van der Waals surface area contributed by atoms with Gasteiger partial charge in [0, 0.05) is 29.8 Å². The Morgan fingerprint density at radius 2 is 2.21 bits per heavy atom. The van der Waals surface area contributed by atoms with Gasteiger partial charge in [0.25, 0.3) is 0 Å². The minimum Gasteiger partial charge on any atom is -0.497 e. The summed E-state index contributed by atoms with van der Waals surface area (Å²) in [5.41, 5.74) is 5.94. The number of benzene rings is 1. The molecule has 4 aromatic rings. The molecule has 1 fully saturated rings. The summed E-state index contributed by atoms with van der Waals surface area (Å²) >= 11 is 1.62. The van der Waals surface area contributed by atoms with Gasteiger partial charge in [-0.2, -0.15) is 0 Å². The van der Waals surface area contributed by atoms with Crippen LogP contribution < -0.4 is 4.74 Å². The lowest BCUT2D eigenvalue weighted by atomic mass is 10.0. The standard InChI is InChI=1S/C21H22N4O2S/c1-13-7-15(5-6-27-13)25-20(8-14-11-28-12-23-14)24-19-10-22-18-4-3-16(26-2)9-17(18)21(19)25/h3-4,9-13,15H,5-8H2,1-2H3/t13-,15-/m0/s1. The van der Waals surface area contributed by atoms with Gasteiger partial charge in [0.2, 0.25) is 0 Å². The van der Waals surface area contributed by atoms with E-state index in [0.29, 0.717) is 6.04 Å². The maximum Gasteiger partial charge on any atom is 0.119 e. The highest BCUT2D eigenvalue weighted by Gasteiger charge is 2.26. The molecule has 1 aliphatic rings. The van der Waals surface area contributed by atoms with Crippen LogP contribution in [0.4, 0.5) is 0 Å². The van der Waals surface area contributed by atoms with E-state index in [4.69, 9.17) is 14.5 Å². The Balaban J connectivity index is 1.75. The Bertz CT molecular complexity index is 1120. The van der Waals surface area contributed by atoms with Gasteiger partial charge in [0.15, 0.2) is 0 Å². The first kappa shape index (κ1) is 17.6. The van der Waals surface area contributed by atoms with Gasteiger partial charge in [-0.25, -0.2) is 9.97 Å². The molecule has 0 spiro atoms. The second-order valence-electron chi connectivity index (χ2n) is 7.29. The first-order chi connectivity index (χ1) is 13.7. The fourth-order valence-electron chi connectivity index (χ4n) is 4.14. The second-order valence-corrected chi connectivity index (χ2v) is 8.01. The average molecular weight is 395 g/mol. The fourth-order valence-corrected chi connectivity index (χ4v) is 4.70. The molecule has 4 heterocycles. The quantitative estimate of drug-likeness (QED) is 0.514. The molecule has 0 bridgehead atoms. The van der Waals surface area contributed by atoms with Crippen LogP contribution in [-0.2, 0) is 11.2 Å². The maximum absolute atomic E-state index is 5.81. The number of fused-ring (bicyclic) bond motifs is 3.